The van der Waals surface area contributed by atoms with Gasteiger partial charge in [0.2, 0.25) is 0 Å². The van der Waals surface area contributed by atoms with Crippen LogP contribution in [0.2, 0.25) is 0 Å². The SMILES string of the molecule is C=c1c2cc3oc4cc5c6c(ccc7c8ccc(c2c8c3c4c76)c2nc3ccccc3n12)c(=O)n1c2ccccc2nc51. The van der Waals surface area contributed by atoms with E-state index < -0.39 is 0 Å². The predicted molar refractivity (Wildman–Crippen MR) is 174 cm³/mol. The zero-order valence-corrected chi connectivity index (χ0v) is 22.4. The first-order valence-corrected chi connectivity index (χ1v) is 14.3. The Labute approximate surface area is 239 Å². The van der Waals surface area contributed by atoms with Crippen LogP contribution in [0.15, 0.2) is 94.1 Å². The molecule has 0 radical (unpaired) electrons. The molecule has 5 heterocycles. The van der Waals surface area contributed by atoms with Crippen molar-refractivity contribution in [3.8, 4) is 0 Å². The van der Waals surface area contributed by atoms with E-state index in [9.17, 15) is 4.79 Å². The van der Waals surface area contributed by atoms with E-state index in [0.717, 1.165) is 103 Å². The number of fused-ring (bicyclic) bond motifs is 9. The van der Waals surface area contributed by atoms with E-state index in [4.69, 9.17) is 14.4 Å². The molecule has 0 bridgehead atoms. The fourth-order valence-corrected chi connectivity index (χ4v) is 8.21. The Kier molecular flexibility index (Phi) is 3.10. The summed E-state index contributed by atoms with van der Waals surface area (Å²) in [6, 6.07) is 28.8. The molecule has 196 valence electrons. The van der Waals surface area contributed by atoms with Crippen molar-refractivity contribution >= 4 is 116 Å². The molecule has 7 aromatic carbocycles. The third-order valence-corrected chi connectivity index (χ3v) is 9.87. The minimum Gasteiger partial charge on any atom is -0.456 e. The van der Waals surface area contributed by atoms with Crippen LogP contribution in [-0.4, -0.2) is 18.8 Å². The Morgan fingerprint density at radius 2 is 1.07 bits per heavy atom. The molecule has 0 saturated heterocycles. The van der Waals surface area contributed by atoms with Crippen molar-refractivity contribution in [1.82, 2.24) is 18.8 Å². The van der Waals surface area contributed by atoms with Crippen LogP contribution in [0, 0.1) is 0 Å². The molecule has 0 aliphatic heterocycles. The third kappa shape index (κ3) is 2.06. The van der Waals surface area contributed by atoms with Crippen LogP contribution in [0.5, 0.6) is 0 Å². The van der Waals surface area contributed by atoms with Gasteiger partial charge < -0.3 is 4.42 Å². The van der Waals surface area contributed by atoms with Gasteiger partial charge in [-0.2, -0.15) is 0 Å². The van der Waals surface area contributed by atoms with Crippen molar-refractivity contribution < 1.29 is 4.42 Å². The number of rotatable bonds is 0. The van der Waals surface area contributed by atoms with Gasteiger partial charge >= 0.3 is 0 Å². The van der Waals surface area contributed by atoms with Gasteiger partial charge in [-0.1, -0.05) is 43.0 Å². The predicted octanol–water partition coefficient (Wildman–Crippen LogP) is 7.76. The summed E-state index contributed by atoms with van der Waals surface area (Å²) < 4.78 is 10.7. The Hall–Kier alpha value is -6.01. The molecule has 0 saturated carbocycles. The molecule has 0 fully saturated rings. The molecule has 0 amide bonds. The molecule has 0 atom stereocenters. The number of pyridine rings is 2. The van der Waals surface area contributed by atoms with Crippen LogP contribution in [0.25, 0.3) is 116 Å². The molecular formula is C37H16N4O2. The number of benzene rings is 7. The van der Waals surface area contributed by atoms with E-state index in [1.807, 2.05) is 48.5 Å². The molecule has 0 spiro atoms. The minimum atomic E-state index is -0.0481. The zero-order valence-electron chi connectivity index (χ0n) is 22.4. The third-order valence-electron chi connectivity index (χ3n) is 9.87. The summed E-state index contributed by atoms with van der Waals surface area (Å²) in [7, 11) is 0. The average Bonchev–Trinajstić information content (AvgIpc) is 3.73. The van der Waals surface area contributed by atoms with Crippen LogP contribution in [0.1, 0.15) is 0 Å². The molecule has 0 unspecified atom stereocenters. The zero-order chi connectivity index (χ0) is 27.9. The summed E-state index contributed by atoms with van der Waals surface area (Å²) in [4.78, 5) is 24.1. The number of nitrogens with zero attached hydrogens (tertiary/aromatic N) is 4. The summed E-state index contributed by atoms with van der Waals surface area (Å²) in [5, 5.41) is 13.3. The molecule has 0 aliphatic carbocycles. The van der Waals surface area contributed by atoms with E-state index in [1.165, 1.54) is 0 Å². The van der Waals surface area contributed by atoms with Crippen LogP contribution in [-0.2, 0) is 0 Å². The van der Waals surface area contributed by atoms with Crippen LogP contribution in [0.4, 0.5) is 0 Å². The van der Waals surface area contributed by atoms with E-state index in [0.29, 0.717) is 11.0 Å². The molecule has 0 aliphatic rings. The second-order valence-corrected chi connectivity index (χ2v) is 11.8. The van der Waals surface area contributed by atoms with Gasteiger partial charge in [-0.15, -0.1) is 0 Å². The van der Waals surface area contributed by atoms with Crippen molar-refractivity contribution in [2.45, 2.75) is 0 Å². The maximum Gasteiger partial charge on any atom is 0.264 e. The monoisotopic (exact) mass is 548 g/mol. The highest BCUT2D eigenvalue weighted by molar-refractivity contribution is 6.45. The first-order valence-electron chi connectivity index (χ1n) is 14.3. The van der Waals surface area contributed by atoms with E-state index in [-0.39, 0.29) is 5.56 Å². The maximum absolute atomic E-state index is 14.1. The highest BCUT2D eigenvalue weighted by Gasteiger charge is 2.27. The average molecular weight is 549 g/mol. The van der Waals surface area contributed by atoms with Crippen molar-refractivity contribution in [2.75, 3.05) is 0 Å². The summed E-state index contributed by atoms with van der Waals surface area (Å²) in [5.41, 5.74) is 6.74. The molecule has 43 heavy (non-hydrogen) atoms. The van der Waals surface area contributed by atoms with Gasteiger partial charge in [-0.3, -0.25) is 13.6 Å². The molecule has 12 aromatic rings. The lowest BCUT2D eigenvalue weighted by molar-refractivity contribution is 0.670. The number of furan rings is 1. The number of imidazole rings is 2. The summed E-state index contributed by atoms with van der Waals surface area (Å²) >= 11 is 0. The molecule has 6 heteroatoms. The molecule has 12 rings (SSSR count). The van der Waals surface area contributed by atoms with Crippen LogP contribution in [0.3, 0.4) is 0 Å². The van der Waals surface area contributed by atoms with Crippen molar-refractivity contribution in [1.29, 1.82) is 0 Å². The second kappa shape index (κ2) is 6.40. The Balaban J connectivity index is 1.41. The first kappa shape index (κ1) is 20.8. The molecular weight excluding hydrogens is 532 g/mol. The van der Waals surface area contributed by atoms with E-state index in [2.05, 4.69) is 47.4 Å². The van der Waals surface area contributed by atoms with Gasteiger partial charge in [-0.05, 0) is 59.3 Å². The maximum atomic E-state index is 14.1. The summed E-state index contributed by atoms with van der Waals surface area (Å²) in [6.45, 7) is 4.58. The summed E-state index contributed by atoms with van der Waals surface area (Å²) in [5.74, 6) is 0. The number of hydrogen-bond donors (Lipinski definition) is 0. The lowest BCUT2D eigenvalue weighted by atomic mass is 9.86. The fourth-order valence-electron chi connectivity index (χ4n) is 8.21. The van der Waals surface area contributed by atoms with E-state index in [1.54, 1.807) is 4.40 Å². The van der Waals surface area contributed by atoms with Crippen LogP contribution < -0.4 is 10.9 Å². The standard InChI is InChI=1S/C37H16N4O2/c1-16-21-14-27-33-31-17(10-12-19(29(21)31)35-38-23-6-2-4-8-25(23)40(16)35)18-11-13-20-30-22(15-28(43-27)34(33)32(18)30)36-39-24-7-3-5-9-26(24)41(36)37(20)42/h2-15H,1H2. The molecule has 0 N–H and O–H groups in total. The Morgan fingerprint density at radius 3 is 1.77 bits per heavy atom. The quantitative estimate of drug-likeness (QED) is 0.144. The number of hydrogen-bond acceptors (Lipinski definition) is 4. The van der Waals surface area contributed by atoms with Gasteiger partial charge in [0.25, 0.3) is 5.56 Å². The van der Waals surface area contributed by atoms with Gasteiger partial charge in [0.05, 0.1) is 22.1 Å². The van der Waals surface area contributed by atoms with Gasteiger partial charge in [-0.25, -0.2) is 9.97 Å². The van der Waals surface area contributed by atoms with Crippen molar-refractivity contribution in [3.05, 3.63) is 101 Å². The smallest absolute Gasteiger partial charge is 0.264 e. The lowest BCUT2D eigenvalue weighted by Crippen LogP contribution is -2.13. The minimum absolute atomic E-state index is 0.0481. The Morgan fingerprint density at radius 1 is 0.535 bits per heavy atom. The number of para-hydroxylation sites is 4. The lowest BCUT2D eigenvalue weighted by Gasteiger charge is -2.17. The van der Waals surface area contributed by atoms with E-state index >= 15 is 0 Å². The summed E-state index contributed by atoms with van der Waals surface area (Å²) in [6.07, 6.45) is 0. The normalized spacial score (nSPS) is 13.3. The molecule has 6 nitrogen and oxygen atoms in total. The Bertz CT molecular complexity index is 3300. The fraction of sp³-hybridized carbons (Fsp3) is 0. The topological polar surface area (TPSA) is 64.8 Å². The number of aromatic nitrogens is 4. The van der Waals surface area contributed by atoms with Gasteiger partial charge in [0.1, 0.15) is 22.5 Å². The second-order valence-electron chi connectivity index (χ2n) is 11.8. The first-order chi connectivity index (χ1) is 21.2. The highest BCUT2D eigenvalue weighted by atomic mass is 16.3. The van der Waals surface area contributed by atoms with Crippen molar-refractivity contribution in [3.63, 3.8) is 0 Å². The van der Waals surface area contributed by atoms with Crippen molar-refractivity contribution in [2.24, 2.45) is 0 Å². The largest absolute Gasteiger partial charge is 0.456 e. The van der Waals surface area contributed by atoms with Gasteiger partial charge in [0, 0.05) is 59.2 Å². The molecule has 5 aromatic heterocycles. The highest BCUT2D eigenvalue weighted by Crippen LogP contribution is 2.50. The van der Waals surface area contributed by atoms with Crippen LogP contribution >= 0.6 is 0 Å². The van der Waals surface area contributed by atoms with Gasteiger partial charge in [0.15, 0.2) is 0 Å².